The second kappa shape index (κ2) is 10.0. The van der Waals surface area contributed by atoms with Gasteiger partial charge < -0.3 is 21.2 Å². The monoisotopic (exact) mass is 478 g/mol. The van der Waals surface area contributed by atoms with Crippen molar-refractivity contribution in [2.45, 2.75) is 79.5 Å². The van der Waals surface area contributed by atoms with Crippen LogP contribution in [-0.4, -0.2) is 50.2 Å². The number of esters is 1. The van der Waals surface area contributed by atoms with Gasteiger partial charge in [-0.05, 0) is 31.2 Å². The van der Waals surface area contributed by atoms with Crippen LogP contribution in [0.25, 0.3) is 0 Å². The van der Waals surface area contributed by atoms with E-state index >= 15 is 0 Å². The van der Waals surface area contributed by atoms with Crippen molar-refractivity contribution in [2.24, 2.45) is 23.2 Å². The van der Waals surface area contributed by atoms with Crippen molar-refractivity contribution >= 4 is 44.6 Å². The molecular weight excluding hydrogens is 437 g/mol. The molecule has 170 valence electrons. The summed E-state index contributed by atoms with van der Waals surface area (Å²) in [6.45, 7) is 25.4. The second-order valence-corrected chi connectivity index (χ2v) is 18.7. The van der Waals surface area contributed by atoms with E-state index in [4.69, 9.17) is 21.2 Å². The summed E-state index contributed by atoms with van der Waals surface area (Å²) in [6.07, 6.45) is 1.25. The van der Waals surface area contributed by atoms with Crippen molar-refractivity contribution in [2.75, 3.05) is 0 Å². The number of hydrogen-bond donors (Lipinski definition) is 0. The van der Waals surface area contributed by atoms with Gasteiger partial charge in [-0.15, -0.1) is 0 Å². The molecule has 6 nitrogen and oxygen atoms in total. The third-order valence-electron chi connectivity index (χ3n) is 7.43. The van der Waals surface area contributed by atoms with E-state index < -0.39 is 55.6 Å². The van der Waals surface area contributed by atoms with Gasteiger partial charge in [-0.2, -0.15) is 0 Å². The van der Waals surface area contributed by atoms with Gasteiger partial charge in [0.2, 0.25) is 0 Å². The highest BCUT2D eigenvalue weighted by Gasteiger charge is 2.70. The molecule has 0 aromatic heterocycles. The predicted molar refractivity (Wildman–Crippen MR) is 127 cm³/mol. The number of ether oxygens (including phenoxy) is 1. The zero-order valence-corrected chi connectivity index (χ0v) is 25.3. The Labute approximate surface area is 185 Å². The van der Waals surface area contributed by atoms with Crippen LogP contribution in [0.3, 0.4) is 0 Å². The summed E-state index contributed by atoms with van der Waals surface area (Å²) >= 11 is 0. The quantitative estimate of drug-likeness (QED) is 0.303. The van der Waals surface area contributed by atoms with E-state index in [-0.39, 0.29) is 22.8 Å². The van der Waals surface area contributed by atoms with E-state index in [1.807, 2.05) is 6.92 Å². The van der Waals surface area contributed by atoms with Gasteiger partial charge in [0.05, 0.1) is 0 Å². The minimum atomic E-state index is -2.80. The van der Waals surface area contributed by atoms with E-state index in [1.54, 1.807) is 0 Å². The lowest BCUT2D eigenvalue weighted by Crippen LogP contribution is -2.69. The summed E-state index contributed by atoms with van der Waals surface area (Å²) < 4.78 is 30.9. The van der Waals surface area contributed by atoms with Crippen LogP contribution in [0.15, 0.2) is 12.7 Å². The molecule has 1 saturated heterocycles. The summed E-state index contributed by atoms with van der Waals surface area (Å²) in [5.41, 5.74) is -1.22. The van der Waals surface area contributed by atoms with Crippen LogP contribution >= 0.6 is 0 Å². The average molecular weight is 479 g/mol. The highest BCUT2D eigenvalue weighted by molar-refractivity contribution is 6.77. The molecule has 10 heteroatoms. The molecule has 1 heterocycles. The minimum absolute atomic E-state index is 0.0822. The molecule has 1 unspecified atom stereocenters. The SMILES string of the molecule is C=CC(=O)OC(C)(C(C)C)C(C)(C)C(C(C)C)(C(C)C)[Si]1(C)O[SiH2]O[SiH2]O[SiH2]O1. The summed E-state index contributed by atoms with van der Waals surface area (Å²) in [5.74, 6) is 0.144. The Kier molecular flexibility index (Phi) is 9.32. The van der Waals surface area contributed by atoms with Crippen LogP contribution in [0.2, 0.25) is 11.6 Å². The summed E-state index contributed by atoms with van der Waals surface area (Å²) in [5, 5.41) is -0.355. The normalized spacial score (nSPS) is 26.7. The van der Waals surface area contributed by atoms with Gasteiger partial charge in [0.25, 0.3) is 30.0 Å². The Morgan fingerprint density at radius 3 is 1.72 bits per heavy atom. The van der Waals surface area contributed by atoms with Crippen molar-refractivity contribution in [3.05, 3.63) is 12.7 Å². The Bertz CT molecular complexity index is 565. The average Bonchev–Trinajstić information content (AvgIpc) is 2.57. The number of hydrogen-bond acceptors (Lipinski definition) is 6. The van der Waals surface area contributed by atoms with Gasteiger partial charge >= 0.3 is 14.5 Å². The van der Waals surface area contributed by atoms with Crippen molar-refractivity contribution in [1.82, 2.24) is 0 Å². The second-order valence-electron chi connectivity index (χ2n) is 9.69. The fourth-order valence-corrected chi connectivity index (χ4v) is 18.6. The Balaban J connectivity index is 3.78. The standard InChI is InChI=1S/C19H42O6Si4/c1-12-16(20)21-18(10,13(2)3)17(8,9)19(14(4)5,15(6)7)29(11)24-27-22-26-23-28-25-29/h12-15H,1,26-28H2,2-11H3. The predicted octanol–water partition coefficient (Wildman–Crippen LogP) is 2.36. The van der Waals surface area contributed by atoms with Crippen LogP contribution in [0, 0.1) is 23.2 Å². The third kappa shape index (κ3) is 4.59. The molecule has 0 amide bonds. The zero-order valence-electron chi connectivity index (χ0n) is 20.1. The maximum absolute atomic E-state index is 12.4. The molecule has 1 aliphatic rings. The minimum Gasteiger partial charge on any atom is -0.455 e. The van der Waals surface area contributed by atoms with Crippen molar-refractivity contribution in [3.8, 4) is 0 Å². The lowest BCUT2D eigenvalue weighted by atomic mass is 9.56. The van der Waals surface area contributed by atoms with E-state index in [2.05, 4.69) is 68.5 Å². The molecule has 29 heavy (non-hydrogen) atoms. The van der Waals surface area contributed by atoms with Gasteiger partial charge in [-0.1, -0.05) is 62.0 Å². The third-order valence-corrected chi connectivity index (χ3v) is 18.7. The van der Waals surface area contributed by atoms with Crippen LogP contribution in [-0.2, 0) is 26.0 Å². The lowest BCUT2D eigenvalue weighted by molar-refractivity contribution is -0.187. The van der Waals surface area contributed by atoms with Crippen LogP contribution < -0.4 is 0 Å². The zero-order chi connectivity index (χ0) is 22.7. The van der Waals surface area contributed by atoms with Crippen molar-refractivity contribution in [1.29, 1.82) is 0 Å². The molecule has 1 fully saturated rings. The molecular formula is C19H42O6Si4. The smallest absolute Gasteiger partial charge is 0.330 e. The maximum Gasteiger partial charge on any atom is 0.330 e. The van der Waals surface area contributed by atoms with Crippen LogP contribution in [0.5, 0.6) is 0 Å². The van der Waals surface area contributed by atoms with E-state index in [0.29, 0.717) is 0 Å². The molecule has 0 N–H and O–H groups in total. The van der Waals surface area contributed by atoms with Crippen molar-refractivity contribution < 1.29 is 26.0 Å². The number of rotatable bonds is 8. The topological polar surface area (TPSA) is 63.2 Å². The van der Waals surface area contributed by atoms with Crippen LogP contribution in [0.4, 0.5) is 0 Å². The van der Waals surface area contributed by atoms with E-state index in [9.17, 15) is 4.79 Å². The molecule has 0 aromatic rings. The fourth-order valence-electron chi connectivity index (χ4n) is 6.07. The maximum atomic E-state index is 12.4. The Hall–Kier alpha value is -0.0825. The van der Waals surface area contributed by atoms with E-state index in [1.165, 1.54) is 6.08 Å². The molecule has 0 bridgehead atoms. The molecule has 1 aliphatic heterocycles. The summed E-state index contributed by atoms with van der Waals surface area (Å²) in [6, 6.07) is 0. The molecule has 1 atom stereocenters. The Morgan fingerprint density at radius 2 is 1.38 bits per heavy atom. The molecule has 0 aromatic carbocycles. The van der Waals surface area contributed by atoms with Crippen LogP contribution in [0.1, 0.15) is 62.3 Å². The summed E-state index contributed by atoms with van der Waals surface area (Å²) in [7, 11) is -6.10. The number of carbonyl (C=O) groups excluding carboxylic acids is 1. The van der Waals surface area contributed by atoms with Gasteiger partial charge in [0.15, 0.2) is 0 Å². The first-order valence-corrected chi connectivity index (χ1v) is 16.3. The van der Waals surface area contributed by atoms with Gasteiger partial charge in [0, 0.05) is 16.5 Å². The molecule has 0 spiro atoms. The first-order valence-electron chi connectivity index (χ1n) is 10.5. The molecule has 0 saturated carbocycles. The molecule has 0 aliphatic carbocycles. The van der Waals surface area contributed by atoms with Crippen molar-refractivity contribution in [3.63, 3.8) is 0 Å². The van der Waals surface area contributed by atoms with Gasteiger partial charge in [-0.25, -0.2) is 4.79 Å². The van der Waals surface area contributed by atoms with Gasteiger partial charge in [-0.3, -0.25) is 0 Å². The lowest BCUT2D eigenvalue weighted by Gasteiger charge is -2.64. The molecule has 0 radical (unpaired) electrons. The first-order chi connectivity index (χ1) is 13.2. The summed E-state index contributed by atoms with van der Waals surface area (Å²) in [4.78, 5) is 12.4. The van der Waals surface area contributed by atoms with E-state index in [0.717, 1.165) is 0 Å². The molecule has 1 rings (SSSR count). The first kappa shape index (κ1) is 27.0. The Morgan fingerprint density at radius 1 is 0.931 bits per heavy atom. The fraction of sp³-hybridized carbons (Fsp3) is 0.842. The highest BCUT2D eigenvalue weighted by atomic mass is 28.5. The highest BCUT2D eigenvalue weighted by Crippen LogP contribution is 2.68. The number of carbonyl (C=O) groups is 1. The van der Waals surface area contributed by atoms with Gasteiger partial charge in [0.1, 0.15) is 5.60 Å². The largest absolute Gasteiger partial charge is 0.455 e.